The Labute approximate surface area is 194 Å². The van der Waals surface area contributed by atoms with Crippen LogP contribution in [0, 0.1) is 6.92 Å². The van der Waals surface area contributed by atoms with Crippen LogP contribution >= 0.6 is 0 Å². The first-order valence-electron chi connectivity index (χ1n) is 11.0. The Morgan fingerprint density at radius 2 is 1.73 bits per heavy atom. The number of rotatable bonds is 10. The molecule has 2 rings (SSSR count). The van der Waals surface area contributed by atoms with Gasteiger partial charge in [0.15, 0.2) is 5.78 Å². The molecule has 0 aliphatic heterocycles. The van der Waals surface area contributed by atoms with Crippen molar-refractivity contribution in [1.29, 1.82) is 0 Å². The van der Waals surface area contributed by atoms with Crippen molar-refractivity contribution in [2.75, 3.05) is 0 Å². The van der Waals surface area contributed by atoms with Gasteiger partial charge in [-0.2, -0.15) is 0 Å². The number of pyridine rings is 1. The Morgan fingerprint density at radius 3 is 2.30 bits per heavy atom. The maximum Gasteiger partial charge on any atom is 0.408 e. The maximum absolute atomic E-state index is 13.1. The van der Waals surface area contributed by atoms with E-state index >= 15 is 0 Å². The van der Waals surface area contributed by atoms with Crippen molar-refractivity contribution in [2.45, 2.75) is 71.4 Å². The summed E-state index contributed by atoms with van der Waals surface area (Å²) in [7, 11) is 0. The Hall–Kier alpha value is -3.26. The number of nitrogens with one attached hydrogen (secondary N) is 2. The van der Waals surface area contributed by atoms with E-state index in [0.717, 1.165) is 16.7 Å². The summed E-state index contributed by atoms with van der Waals surface area (Å²) in [6, 6.07) is 10.6. The van der Waals surface area contributed by atoms with Crippen LogP contribution in [-0.4, -0.2) is 39.6 Å². The molecule has 8 nitrogen and oxygen atoms in total. The number of alkyl carbamates (subject to hydrolysis) is 1. The normalized spacial score (nSPS) is 12.0. The molecule has 1 atom stereocenters. The molecule has 8 heteroatoms. The fraction of sp³-hybridized carbons (Fsp3) is 0.440. The van der Waals surface area contributed by atoms with Crippen LogP contribution in [0.2, 0.25) is 0 Å². The molecule has 1 heterocycles. The Balaban J connectivity index is 2.04. The molecular weight excluding hydrogens is 422 g/mol. The van der Waals surface area contributed by atoms with Gasteiger partial charge in [0.25, 0.3) is 0 Å². The number of hydroxylamine groups is 1. The molecular formula is C25H33N3O5. The molecule has 0 aliphatic carbocycles. The van der Waals surface area contributed by atoms with E-state index in [1.165, 1.54) is 0 Å². The predicted octanol–water partition coefficient (Wildman–Crippen LogP) is 3.47. The Morgan fingerprint density at radius 1 is 1.06 bits per heavy atom. The molecule has 0 saturated carbocycles. The van der Waals surface area contributed by atoms with Gasteiger partial charge in [-0.1, -0.05) is 30.3 Å². The van der Waals surface area contributed by atoms with Crippen molar-refractivity contribution >= 4 is 17.8 Å². The molecule has 0 fully saturated rings. The number of hydrogen-bond acceptors (Lipinski definition) is 6. The number of amides is 2. The average molecular weight is 456 g/mol. The highest BCUT2D eigenvalue weighted by Gasteiger charge is 2.25. The summed E-state index contributed by atoms with van der Waals surface area (Å²) >= 11 is 0. The summed E-state index contributed by atoms with van der Waals surface area (Å²) < 4.78 is 5.34. The fourth-order valence-corrected chi connectivity index (χ4v) is 3.18. The molecule has 2 aromatic rings. The smallest absolute Gasteiger partial charge is 0.408 e. The second-order valence-corrected chi connectivity index (χ2v) is 9.08. The molecule has 0 spiro atoms. The number of aromatic nitrogens is 1. The van der Waals surface area contributed by atoms with E-state index in [4.69, 9.17) is 9.94 Å². The van der Waals surface area contributed by atoms with Crippen LogP contribution in [0.3, 0.4) is 0 Å². The lowest BCUT2D eigenvalue weighted by atomic mass is 9.98. The van der Waals surface area contributed by atoms with Gasteiger partial charge < -0.3 is 10.1 Å². The molecule has 2 amide bonds. The van der Waals surface area contributed by atoms with E-state index in [9.17, 15) is 14.4 Å². The summed E-state index contributed by atoms with van der Waals surface area (Å²) in [5.74, 6) is -0.556. The molecule has 3 N–H and O–H groups in total. The largest absolute Gasteiger partial charge is 0.444 e. The van der Waals surface area contributed by atoms with Crippen molar-refractivity contribution in [3.05, 3.63) is 65.0 Å². The number of nitrogens with zero attached hydrogens (tertiary/aromatic N) is 1. The lowest BCUT2D eigenvalue weighted by Crippen LogP contribution is -2.45. The van der Waals surface area contributed by atoms with Crippen LogP contribution in [0.25, 0.3) is 0 Å². The highest BCUT2D eigenvalue weighted by Crippen LogP contribution is 2.13. The van der Waals surface area contributed by atoms with Gasteiger partial charge in [0, 0.05) is 31.2 Å². The van der Waals surface area contributed by atoms with Crippen molar-refractivity contribution in [1.82, 2.24) is 15.8 Å². The van der Waals surface area contributed by atoms with Gasteiger partial charge in [-0.3, -0.25) is 19.8 Å². The van der Waals surface area contributed by atoms with Crippen molar-refractivity contribution in [3.63, 3.8) is 0 Å². The first-order valence-corrected chi connectivity index (χ1v) is 11.0. The summed E-state index contributed by atoms with van der Waals surface area (Å²) in [6.45, 7) is 7.23. The number of carbonyl (C=O) groups excluding carboxylic acids is 3. The number of benzene rings is 1. The number of Topliss-reactive ketones (excluding diaryl/α,β-unsaturated/α-hetero) is 1. The van der Waals surface area contributed by atoms with Gasteiger partial charge in [0.05, 0.1) is 6.04 Å². The first kappa shape index (κ1) is 26.0. The van der Waals surface area contributed by atoms with Crippen molar-refractivity contribution in [2.24, 2.45) is 0 Å². The molecule has 0 radical (unpaired) electrons. The summed E-state index contributed by atoms with van der Waals surface area (Å²) in [6.07, 6.45) is 3.03. The zero-order chi connectivity index (χ0) is 24.4. The minimum Gasteiger partial charge on any atom is -0.444 e. The minimum absolute atomic E-state index is 0.143. The van der Waals surface area contributed by atoms with Crippen LogP contribution in [0.1, 0.15) is 56.0 Å². The van der Waals surface area contributed by atoms with Gasteiger partial charge in [0.1, 0.15) is 5.60 Å². The third-order valence-corrected chi connectivity index (χ3v) is 4.86. The second-order valence-electron chi connectivity index (χ2n) is 9.08. The standard InChI is InChI=1S/C25H33N3O5/c1-17-8-13-20(26-16-17)15-21(27-24(31)33-25(2,3)4)22(29)14-19-11-9-18(10-12-19)6-5-7-23(30)28-32/h8-13,16,21,32H,5-7,14-15H2,1-4H3,(H,27,31)(H,28,30). The molecule has 0 saturated heterocycles. The molecule has 1 unspecified atom stereocenters. The fourth-order valence-electron chi connectivity index (χ4n) is 3.18. The maximum atomic E-state index is 13.1. The number of carbonyl (C=O) groups is 3. The molecule has 1 aromatic heterocycles. The van der Waals surface area contributed by atoms with Crippen LogP contribution < -0.4 is 10.8 Å². The van der Waals surface area contributed by atoms with E-state index in [-0.39, 0.29) is 25.0 Å². The Bertz CT molecular complexity index is 934. The third kappa shape index (κ3) is 9.82. The molecule has 1 aromatic carbocycles. The van der Waals surface area contributed by atoms with Crippen molar-refractivity contribution < 1.29 is 24.3 Å². The summed E-state index contributed by atoms with van der Waals surface area (Å²) in [5.41, 5.74) is 4.52. The van der Waals surface area contributed by atoms with E-state index in [1.807, 2.05) is 43.3 Å². The quantitative estimate of drug-likeness (QED) is 0.373. The lowest BCUT2D eigenvalue weighted by molar-refractivity contribution is -0.129. The van der Waals surface area contributed by atoms with E-state index in [2.05, 4.69) is 10.3 Å². The Kier molecular flexibility index (Phi) is 9.54. The third-order valence-electron chi connectivity index (χ3n) is 4.86. The first-order chi connectivity index (χ1) is 15.6. The van der Waals surface area contributed by atoms with E-state index in [0.29, 0.717) is 18.5 Å². The second kappa shape index (κ2) is 12.1. The van der Waals surface area contributed by atoms with Crippen LogP contribution in [0.4, 0.5) is 4.79 Å². The number of ether oxygens (including phenoxy) is 1. The number of hydrogen-bond donors (Lipinski definition) is 3. The highest BCUT2D eigenvalue weighted by molar-refractivity contribution is 5.89. The molecule has 0 aliphatic rings. The van der Waals surface area contributed by atoms with E-state index < -0.39 is 23.6 Å². The van der Waals surface area contributed by atoms with Crippen molar-refractivity contribution in [3.8, 4) is 0 Å². The lowest BCUT2D eigenvalue weighted by Gasteiger charge is -2.23. The zero-order valence-electron chi connectivity index (χ0n) is 19.7. The number of ketones is 1. The van der Waals surface area contributed by atoms with Crippen LogP contribution in [0.5, 0.6) is 0 Å². The van der Waals surface area contributed by atoms with Crippen LogP contribution in [0.15, 0.2) is 42.6 Å². The summed E-state index contributed by atoms with van der Waals surface area (Å²) in [5, 5.41) is 11.2. The van der Waals surface area contributed by atoms with Gasteiger partial charge in [-0.25, -0.2) is 10.3 Å². The topological polar surface area (TPSA) is 118 Å². The SMILES string of the molecule is Cc1ccc(CC(NC(=O)OC(C)(C)C)C(=O)Cc2ccc(CCCC(=O)NO)cc2)nc1. The predicted molar refractivity (Wildman–Crippen MR) is 124 cm³/mol. The van der Waals surface area contributed by atoms with Crippen LogP contribution in [-0.2, 0) is 33.6 Å². The van der Waals surface area contributed by atoms with Gasteiger partial charge >= 0.3 is 6.09 Å². The van der Waals surface area contributed by atoms with Gasteiger partial charge in [0.2, 0.25) is 5.91 Å². The molecule has 178 valence electrons. The summed E-state index contributed by atoms with van der Waals surface area (Å²) in [4.78, 5) is 40.9. The number of aryl methyl sites for hydroxylation is 2. The molecule has 0 bridgehead atoms. The van der Waals surface area contributed by atoms with Gasteiger partial charge in [-0.15, -0.1) is 0 Å². The minimum atomic E-state index is -0.772. The zero-order valence-corrected chi connectivity index (χ0v) is 19.7. The average Bonchev–Trinajstić information content (AvgIpc) is 2.74. The molecule has 33 heavy (non-hydrogen) atoms. The van der Waals surface area contributed by atoms with E-state index in [1.54, 1.807) is 32.4 Å². The highest BCUT2D eigenvalue weighted by atomic mass is 16.6. The monoisotopic (exact) mass is 455 g/mol. The van der Waals surface area contributed by atoms with Gasteiger partial charge in [-0.05, 0) is 63.3 Å².